The average Bonchev–Trinajstić information content (AvgIpc) is 2.48. The van der Waals surface area contributed by atoms with Gasteiger partial charge in [0.05, 0.1) is 0 Å². The molecule has 0 amide bonds. The number of carbonyl (C=O) groups is 1. The predicted molar refractivity (Wildman–Crippen MR) is 58.9 cm³/mol. The van der Waals surface area contributed by atoms with Gasteiger partial charge >= 0.3 is 5.97 Å². The van der Waals surface area contributed by atoms with Crippen LogP contribution in [0.5, 0.6) is 0 Å². The van der Waals surface area contributed by atoms with Gasteiger partial charge in [0.2, 0.25) is 0 Å². The first-order chi connectivity index (χ1) is 6.42. The van der Waals surface area contributed by atoms with Gasteiger partial charge in [0.25, 0.3) is 0 Å². The number of thiophene rings is 1. The molecule has 0 bridgehead atoms. The number of ether oxygens (including phenoxy) is 1. The molecular weight excluding hydrogens is 196 g/mol. The summed E-state index contributed by atoms with van der Waals surface area (Å²) >= 11 is 1.51. The van der Waals surface area contributed by atoms with E-state index in [4.69, 9.17) is 4.74 Å². The lowest BCUT2D eigenvalue weighted by atomic mass is 10.2. The zero-order valence-electron chi connectivity index (χ0n) is 9.09. The van der Waals surface area contributed by atoms with Crippen molar-refractivity contribution < 1.29 is 9.53 Å². The van der Waals surface area contributed by atoms with Gasteiger partial charge in [-0.05, 0) is 39.3 Å². The van der Waals surface area contributed by atoms with Crippen molar-refractivity contribution in [3.63, 3.8) is 0 Å². The summed E-state index contributed by atoms with van der Waals surface area (Å²) in [7, 11) is 0. The summed E-state index contributed by atoms with van der Waals surface area (Å²) in [5.74, 6) is -0.220. The van der Waals surface area contributed by atoms with Crippen LogP contribution in [0, 0.1) is 0 Å². The third-order valence-electron chi connectivity index (χ3n) is 1.61. The fraction of sp³-hybridized carbons (Fsp3) is 0.545. The van der Waals surface area contributed by atoms with E-state index < -0.39 is 5.60 Å². The summed E-state index contributed by atoms with van der Waals surface area (Å²) in [6.45, 7) is 7.70. The topological polar surface area (TPSA) is 26.3 Å². The lowest BCUT2D eigenvalue weighted by Crippen LogP contribution is -2.23. The van der Waals surface area contributed by atoms with Crippen LogP contribution in [0.25, 0.3) is 0 Å². The van der Waals surface area contributed by atoms with Gasteiger partial charge in [-0.1, -0.05) is 6.92 Å². The Morgan fingerprint density at radius 3 is 2.50 bits per heavy atom. The van der Waals surface area contributed by atoms with Crippen LogP contribution in [0.2, 0.25) is 0 Å². The fourth-order valence-corrected chi connectivity index (χ4v) is 1.83. The zero-order valence-corrected chi connectivity index (χ0v) is 9.90. The van der Waals surface area contributed by atoms with Gasteiger partial charge in [-0.3, -0.25) is 0 Å². The highest BCUT2D eigenvalue weighted by Crippen LogP contribution is 2.20. The third kappa shape index (κ3) is 3.14. The Hall–Kier alpha value is -0.830. The first-order valence-electron chi connectivity index (χ1n) is 4.74. The summed E-state index contributed by atoms with van der Waals surface area (Å²) < 4.78 is 5.25. The Kier molecular flexibility index (Phi) is 3.32. The molecule has 14 heavy (non-hydrogen) atoms. The van der Waals surface area contributed by atoms with Crippen LogP contribution in [-0.4, -0.2) is 11.6 Å². The predicted octanol–water partition coefficient (Wildman–Crippen LogP) is 3.27. The number of hydrogen-bond donors (Lipinski definition) is 0. The second-order valence-corrected chi connectivity index (χ2v) is 5.29. The standard InChI is InChI=1S/C11H16O2S/c1-5-8-6-7-9(14-8)10(12)13-11(2,3)4/h6-7H,5H2,1-4H3. The van der Waals surface area contributed by atoms with Crippen molar-refractivity contribution in [1.82, 2.24) is 0 Å². The minimum Gasteiger partial charge on any atom is -0.456 e. The molecule has 1 rings (SSSR count). The van der Waals surface area contributed by atoms with Crippen molar-refractivity contribution >= 4 is 17.3 Å². The van der Waals surface area contributed by atoms with Crippen molar-refractivity contribution in [2.45, 2.75) is 39.7 Å². The molecule has 3 heteroatoms. The van der Waals surface area contributed by atoms with E-state index in [-0.39, 0.29) is 5.97 Å². The van der Waals surface area contributed by atoms with Gasteiger partial charge in [-0.15, -0.1) is 11.3 Å². The lowest BCUT2D eigenvalue weighted by molar-refractivity contribution is 0.00752. The summed E-state index contributed by atoms with van der Waals surface area (Å²) in [6, 6.07) is 3.81. The van der Waals surface area contributed by atoms with Crippen LogP contribution in [0.15, 0.2) is 12.1 Å². The van der Waals surface area contributed by atoms with E-state index in [1.165, 1.54) is 16.2 Å². The second kappa shape index (κ2) is 4.13. The normalized spacial score (nSPS) is 11.4. The molecule has 0 atom stereocenters. The monoisotopic (exact) mass is 212 g/mol. The van der Waals surface area contributed by atoms with E-state index in [2.05, 4.69) is 6.92 Å². The summed E-state index contributed by atoms with van der Waals surface area (Å²) in [6.07, 6.45) is 0.966. The lowest BCUT2D eigenvalue weighted by Gasteiger charge is -2.18. The van der Waals surface area contributed by atoms with Crippen molar-refractivity contribution in [3.05, 3.63) is 21.9 Å². The molecule has 0 fully saturated rings. The number of carbonyl (C=O) groups excluding carboxylic acids is 1. The Bertz CT molecular complexity index is 320. The van der Waals surface area contributed by atoms with Gasteiger partial charge in [0.15, 0.2) is 0 Å². The Labute approximate surface area is 88.9 Å². The van der Waals surface area contributed by atoms with E-state index in [0.717, 1.165) is 6.42 Å². The maximum absolute atomic E-state index is 11.6. The maximum atomic E-state index is 11.6. The number of esters is 1. The maximum Gasteiger partial charge on any atom is 0.348 e. The summed E-state index contributed by atoms with van der Waals surface area (Å²) in [4.78, 5) is 13.5. The highest BCUT2D eigenvalue weighted by Gasteiger charge is 2.18. The van der Waals surface area contributed by atoms with Crippen LogP contribution in [0.1, 0.15) is 42.2 Å². The highest BCUT2D eigenvalue weighted by molar-refractivity contribution is 7.13. The first-order valence-corrected chi connectivity index (χ1v) is 5.56. The smallest absolute Gasteiger partial charge is 0.348 e. The van der Waals surface area contributed by atoms with Crippen molar-refractivity contribution in [2.75, 3.05) is 0 Å². The summed E-state index contributed by atoms with van der Waals surface area (Å²) in [5, 5.41) is 0. The van der Waals surface area contributed by atoms with Crippen LogP contribution < -0.4 is 0 Å². The molecule has 1 aromatic rings. The molecule has 0 spiro atoms. The molecule has 0 aromatic carbocycles. The molecular formula is C11H16O2S. The van der Waals surface area contributed by atoms with Crippen LogP contribution >= 0.6 is 11.3 Å². The molecule has 0 aliphatic heterocycles. The molecule has 1 aromatic heterocycles. The van der Waals surface area contributed by atoms with Gasteiger partial charge in [0, 0.05) is 4.88 Å². The number of hydrogen-bond acceptors (Lipinski definition) is 3. The van der Waals surface area contributed by atoms with E-state index in [9.17, 15) is 4.79 Å². The van der Waals surface area contributed by atoms with Crippen molar-refractivity contribution in [2.24, 2.45) is 0 Å². The van der Waals surface area contributed by atoms with Gasteiger partial charge in [0.1, 0.15) is 10.5 Å². The minimum absolute atomic E-state index is 0.220. The molecule has 0 saturated carbocycles. The van der Waals surface area contributed by atoms with Gasteiger partial charge in [-0.2, -0.15) is 0 Å². The molecule has 0 N–H and O–H groups in total. The molecule has 1 heterocycles. The van der Waals surface area contributed by atoms with E-state index in [1.54, 1.807) is 0 Å². The van der Waals surface area contributed by atoms with Gasteiger partial charge < -0.3 is 4.74 Å². The van der Waals surface area contributed by atoms with Crippen LogP contribution in [-0.2, 0) is 11.2 Å². The molecule has 0 aliphatic rings. The molecule has 0 radical (unpaired) electrons. The average molecular weight is 212 g/mol. The summed E-state index contributed by atoms with van der Waals surface area (Å²) in [5.41, 5.74) is -0.409. The van der Waals surface area contributed by atoms with E-state index in [0.29, 0.717) is 4.88 Å². The van der Waals surface area contributed by atoms with E-state index in [1.807, 2.05) is 32.9 Å². The Balaban J connectivity index is 2.70. The van der Waals surface area contributed by atoms with Crippen LogP contribution in [0.4, 0.5) is 0 Å². The van der Waals surface area contributed by atoms with E-state index >= 15 is 0 Å². The van der Waals surface area contributed by atoms with Crippen LogP contribution in [0.3, 0.4) is 0 Å². The minimum atomic E-state index is -0.409. The molecule has 78 valence electrons. The molecule has 0 unspecified atom stereocenters. The SMILES string of the molecule is CCc1ccc(C(=O)OC(C)(C)C)s1. The van der Waals surface area contributed by atoms with Crippen molar-refractivity contribution in [3.8, 4) is 0 Å². The Morgan fingerprint density at radius 2 is 2.07 bits per heavy atom. The molecule has 2 nitrogen and oxygen atoms in total. The largest absolute Gasteiger partial charge is 0.456 e. The van der Waals surface area contributed by atoms with Crippen molar-refractivity contribution in [1.29, 1.82) is 0 Å². The Morgan fingerprint density at radius 1 is 1.43 bits per heavy atom. The second-order valence-electron chi connectivity index (χ2n) is 4.12. The number of aryl methyl sites for hydroxylation is 1. The molecule has 0 saturated heterocycles. The highest BCUT2D eigenvalue weighted by atomic mass is 32.1. The van der Waals surface area contributed by atoms with Gasteiger partial charge in [-0.25, -0.2) is 4.79 Å². The third-order valence-corrected chi connectivity index (χ3v) is 2.82. The quantitative estimate of drug-likeness (QED) is 0.703. The fourth-order valence-electron chi connectivity index (χ4n) is 1.01. The first kappa shape index (κ1) is 11.2. The zero-order chi connectivity index (χ0) is 10.8. The number of rotatable bonds is 2. The molecule has 0 aliphatic carbocycles.